The summed E-state index contributed by atoms with van der Waals surface area (Å²) < 4.78 is 0. The van der Waals surface area contributed by atoms with Gasteiger partial charge in [-0.25, -0.2) is 0 Å². The summed E-state index contributed by atoms with van der Waals surface area (Å²) in [5.41, 5.74) is 0.906. The molecule has 4 heteroatoms. The predicted octanol–water partition coefficient (Wildman–Crippen LogP) is 8.59. The molecule has 0 aliphatic carbocycles. The van der Waals surface area contributed by atoms with E-state index in [0.29, 0.717) is 12.5 Å². The molecular weight excluding hydrogens is 442 g/mol. The summed E-state index contributed by atoms with van der Waals surface area (Å²) >= 11 is 0. The fourth-order valence-corrected chi connectivity index (χ4v) is 4.55. The summed E-state index contributed by atoms with van der Waals surface area (Å²) in [4.78, 5) is 15.0. The maximum absolute atomic E-state index is 12.5. The molecule has 0 radical (unpaired) electrons. The van der Waals surface area contributed by atoms with Crippen LogP contribution in [0.2, 0.25) is 0 Å². The lowest BCUT2D eigenvalue weighted by atomic mass is 9.98. The van der Waals surface area contributed by atoms with E-state index in [1.807, 2.05) is 19.1 Å². The van der Waals surface area contributed by atoms with Crippen LogP contribution in [-0.2, 0) is 4.79 Å². The highest BCUT2D eigenvalue weighted by atomic mass is 16.1. The molecule has 1 N–H and O–H groups in total. The Bertz CT molecular complexity index is 607. The van der Waals surface area contributed by atoms with Crippen LogP contribution in [-0.4, -0.2) is 37.0 Å². The van der Waals surface area contributed by atoms with Crippen molar-refractivity contribution in [2.75, 3.05) is 26.2 Å². The fraction of sp³-hybridized carbons (Fsp3) is 0.812. The Morgan fingerprint density at radius 1 is 0.972 bits per heavy atom. The van der Waals surface area contributed by atoms with Gasteiger partial charge in [0.1, 0.15) is 0 Å². The maximum atomic E-state index is 12.5. The normalized spacial score (nSPS) is 13.4. The van der Waals surface area contributed by atoms with E-state index in [1.165, 1.54) is 57.8 Å². The second-order valence-corrected chi connectivity index (χ2v) is 10.7. The Kier molecular flexibility index (Phi) is 24.0. The van der Waals surface area contributed by atoms with Crippen molar-refractivity contribution in [2.24, 2.45) is 11.8 Å². The zero-order valence-electron chi connectivity index (χ0n) is 24.5. The van der Waals surface area contributed by atoms with Gasteiger partial charge in [0.05, 0.1) is 12.0 Å². The van der Waals surface area contributed by atoms with Gasteiger partial charge < -0.3 is 10.2 Å². The van der Waals surface area contributed by atoms with Gasteiger partial charge in [-0.3, -0.25) is 4.79 Å². The highest BCUT2D eigenvalue weighted by molar-refractivity contribution is 5.93. The van der Waals surface area contributed by atoms with Crippen LogP contribution in [0, 0.1) is 23.2 Å². The third-order valence-electron chi connectivity index (χ3n) is 7.38. The van der Waals surface area contributed by atoms with Gasteiger partial charge in [-0.1, -0.05) is 84.3 Å². The van der Waals surface area contributed by atoms with Crippen molar-refractivity contribution >= 4 is 5.91 Å². The van der Waals surface area contributed by atoms with Crippen LogP contribution in [0.15, 0.2) is 24.3 Å². The Morgan fingerprint density at radius 3 is 2.25 bits per heavy atom. The highest BCUT2D eigenvalue weighted by Gasteiger charge is 2.14. The Labute approximate surface area is 225 Å². The highest BCUT2D eigenvalue weighted by Crippen LogP contribution is 2.16. The first-order valence-electron chi connectivity index (χ1n) is 15.2. The molecule has 0 aliphatic rings. The number of amides is 1. The first kappa shape index (κ1) is 34.4. The number of carbonyl (C=O) groups excluding carboxylic acids is 1. The van der Waals surface area contributed by atoms with E-state index in [0.717, 1.165) is 70.2 Å². The minimum Gasteiger partial charge on any atom is -0.352 e. The third kappa shape index (κ3) is 19.6. The summed E-state index contributed by atoms with van der Waals surface area (Å²) in [6.45, 7) is 16.3. The van der Waals surface area contributed by atoms with E-state index in [1.54, 1.807) is 0 Å². The lowest BCUT2D eigenvalue weighted by Gasteiger charge is -2.25. The Hall–Kier alpha value is -1.60. The zero-order chi connectivity index (χ0) is 26.9. The van der Waals surface area contributed by atoms with Crippen LogP contribution in [0.5, 0.6) is 0 Å². The molecule has 36 heavy (non-hydrogen) atoms. The van der Waals surface area contributed by atoms with Gasteiger partial charge >= 0.3 is 0 Å². The standard InChI is InChI=1S/C32H59N3O/c1-6-10-12-14-16-20-26-35(25-19-15-13-11-7-2)28-30(27-33)21-17-18-24-34-32(36)31(9-4)23-22-29(5)8-3/h7,9,29-30H,2,6,8,10-26,28H2,1,3-5H3,(H,34,36)/b31-9+. The quantitative estimate of drug-likeness (QED) is 0.0774. The van der Waals surface area contributed by atoms with E-state index in [-0.39, 0.29) is 11.8 Å². The number of nitrogens with one attached hydrogen (secondary N) is 1. The number of unbranched alkanes of at least 4 members (excludes halogenated alkanes) is 9. The van der Waals surface area contributed by atoms with Crippen LogP contribution in [0.25, 0.3) is 0 Å². The molecule has 2 atom stereocenters. The van der Waals surface area contributed by atoms with E-state index in [2.05, 4.69) is 43.6 Å². The SMILES string of the molecule is C=CCCCCCN(CCCCCCCC)CC(C#N)CCCCNC(=O)/C(=C/C)CCC(C)CC. The number of hydrogen-bond acceptors (Lipinski definition) is 3. The van der Waals surface area contributed by atoms with Crippen LogP contribution in [0.1, 0.15) is 130 Å². The van der Waals surface area contributed by atoms with Crippen molar-refractivity contribution in [3.8, 4) is 6.07 Å². The van der Waals surface area contributed by atoms with Crippen molar-refractivity contribution in [1.82, 2.24) is 10.2 Å². The maximum Gasteiger partial charge on any atom is 0.246 e. The number of carbonyl (C=O) groups is 1. The summed E-state index contributed by atoms with van der Waals surface area (Å²) in [7, 11) is 0. The molecule has 0 fully saturated rings. The first-order valence-corrected chi connectivity index (χ1v) is 15.2. The average molecular weight is 502 g/mol. The topological polar surface area (TPSA) is 56.1 Å². The largest absolute Gasteiger partial charge is 0.352 e. The average Bonchev–Trinajstić information content (AvgIpc) is 2.89. The van der Waals surface area contributed by atoms with Crippen molar-refractivity contribution < 1.29 is 4.79 Å². The summed E-state index contributed by atoms with van der Waals surface area (Å²) in [6.07, 6.45) is 22.5. The molecule has 0 saturated heterocycles. The molecule has 0 aromatic heterocycles. The van der Waals surface area contributed by atoms with Gasteiger partial charge in [0.2, 0.25) is 5.91 Å². The van der Waals surface area contributed by atoms with Gasteiger partial charge in [0.25, 0.3) is 0 Å². The molecule has 0 saturated carbocycles. The second-order valence-electron chi connectivity index (χ2n) is 10.7. The van der Waals surface area contributed by atoms with Gasteiger partial charge in [-0.05, 0) is 77.3 Å². The number of nitriles is 1. The van der Waals surface area contributed by atoms with Crippen molar-refractivity contribution in [1.29, 1.82) is 5.26 Å². The molecule has 0 heterocycles. The summed E-state index contributed by atoms with van der Waals surface area (Å²) in [6, 6.07) is 2.57. The zero-order valence-corrected chi connectivity index (χ0v) is 24.5. The molecule has 0 aromatic carbocycles. The third-order valence-corrected chi connectivity index (χ3v) is 7.38. The number of allylic oxidation sites excluding steroid dienone is 2. The fourth-order valence-electron chi connectivity index (χ4n) is 4.55. The van der Waals surface area contributed by atoms with Gasteiger partial charge in [0, 0.05) is 18.7 Å². The van der Waals surface area contributed by atoms with E-state index in [9.17, 15) is 10.1 Å². The molecule has 208 valence electrons. The minimum absolute atomic E-state index is 0.0793. The van der Waals surface area contributed by atoms with Crippen molar-refractivity contribution in [2.45, 2.75) is 130 Å². The van der Waals surface area contributed by atoms with Gasteiger partial charge in [0.15, 0.2) is 0 Å². The Morgan fingerprint density at radius 2 is 1.64 bits per heavy atom. The van der Waals surface area contributed by atoms with E-state index in [4.69, 9.17) is 0 Å². The summed E-state index contributed by atoms with van der Waals surface area (Å²) in [5, 5.41) is 12.9. The summed E-state index contributed by atoms with van der Waals surface area (Å²) in [5.74, 6) is 0.818. The monoisotopic (exact) mass is 501 g/mol. The van der Waals surface area contributed by atoms with Crippen molar-refractivity contribution in [3.05, 3.63) is 24.3 Å². The smallest absolute Gasteiger partial charge is 0.246 e. The van der Waals surface area contributed by atoms with Crippen LogP contribution < -0.4 is 5.32 Å². The predicted molar refractivity (Wildman–Crippen MR) is 157 cm³/mol. The van der Waals surface area contributed by atoms with Crippen molar-refractivity contribution in [3.63, 3.8) is 0 Å². The molecule has 2 unspecified atom stereocenters. The Balaban J connectivity index is 4.39. The number of rotatable bonds is 25. The molecule has 4 nitrogen and oxygen atoms in total. The van der Waals surface area contributed by atoms with Gasteiger partial charge in [-0.15, -0.1) is 6.58 Å². The number of hydrogen-bond donors (Lipinski definition) is 1. The number of nitrogens with zero attached hydrogens (tertiary/aromatic N) is 2. The van der Waals surface area contributed by atoms with Crippen LogP contribution >= 0.6 is 0 Å². The molecule has 0 bridgehead atoms. The van der Waals surface area contributed by atoms with Gasteiger partial charge in [-0.2, -0.15) is 5.26 Å². The molecule has 0 rings (SSSR count). The lowest BCUT2D eigenvalue weighted by molar-refractivity contribution is -0.117. The van der Waals surface area contributed by atoms with Crippen LogP contribution in [0.4, 0.5) is 0 Å². The molecule has 1 amide bonds. The second kappa shape index (κ2) is 25.1. The lowest BCUT2D eigenvalue weighted by Crippen LogP contribution is -2.31. The van der Waals surface area contributed by atoms with E-state index >= 15 is 0 Å². The minimum atomic E-state index is 0.0793. The first-order chi connectivity index (χ1) is 17.5. The molecular formula is C32H59N3O. The molecule has 0 spiro atoms. The van der Waals surface area contributed by atoms with Crippen LogP contribution in [0.3, 0.4) is 0 Å². The molecule has 0 aliphatic heterocycles. The molecule has 0 aromatic rings. The van der Waals surface area contributed by atoms with E-state index < -0.39 is 0 Å².